The van der Waals surface area contributed by atoms with Gasteiger partial charge in [0.05, 0.1) is 5.69 Å². The number of carbonyl (C=O) groups is 2. The molecule has 0 spiro atoms. The number of halogens is 1. The lowest BCUT2D eigenvalue weighted by atomic mass is 10.1. The highest BCUT2D eigenvalue weighted by Crippen LogP contribution is 2.22. The summed E-state index contributed by atoms with van der Waals surface area (Å²) in [5.74, 6) is -1.36. The third-order valence-electron chi connectivity index (χ3n) is 5.54. The summed E-state index contributed by atoms with van der Waals surface area (Å²) in [6, 6.07) is 11.7. The Morgan fingerprint density at radius 3 is 2.11 bits per heavy atom. The highest BCUT2D eigenvalue weighted by molar-refractivity contribution is 7.90. The third-order valence-corrected chi connectivity index (χ3v) is 7.36. The van der Waals surface area contributed by atoms with Crippen molar-refractivity contribution in [3.8, 4) is 0 Å². The molecule has 192 valence electrons. The molecular weight excluding hydrogens is 471 g/mol. The molecule has 0 saturated heterocycles. The van der Waals surface area contributed by atoms with E-state index >= 15 is 0 Å². The molecule has 0 fully saturated rings. The summed E-state index contributed by atoms with van der Waals surface area (Å²) in [5.41, 5.74) is 2.01. The number of carbonyl (C=O) groups excluding carboxylic acids is 2. The van der Waals surface area contributed by atoms with Gasteiger partial charge in [0.25, 0.3) is 0 Å². The molecule has 0 heterocycles. The fourth-order valence-electron chi connectivity index (χ4n) is 3.50. The summed E-state index contributed by atoms with van der Waals surface area (Å²) >= 11 is 0. The SMILES string of the molecule is CCCNC(=O)[C@@H](CC)N(Cc1ccc(C)cc1)C(=O)CN(c1ccc(F)cc1)S(=O)(=O)N(C)C. The van der Waals surface area contributed by atoms with Crippen molar-refractivity contribution < 1.29 is 22.4 Å². The second-order valence-corrected chi connectivity index (χ2v) is 10.6. The summed E-state index contributed by atoms with van der Waals surface area (Å²) in [6.45, 7) is 5.75. The molecule has 0 bridgehead atoms. The molecule has 2 rings (SSSR count). The van der Waals surface area contributed by atoms with Crippen molar-refractivity contribution in [1.82, 2.24) is 14.5 Å². The molecule has 0 saturated carbocycles. The lowest BCUT2D eigenvalue weighted by Crippen LogP contribution is -2.53. The zero-order valence-electron chi connectivity index (χ0n) is 21.0. The second-order valence-electron chi connectivity index (χ2n) is 8.50. The van der Waals surface area contributed by atoms with E-state index in [1.165, 1.54) is 31.1 Å². The van der Waals surface area contributed by atoms with E-state index < -0.39 is 34.5 Å². The van der Waals surface area contributed by atoms with Crippen LogP contribution in [0.5, 0.6) is 0 Å². The van der Waals surface area contributed by atoms with Gasteiger partial charge in [-0.1, -0.05) is 43.7 Å². The number of hydrogen-bond acceptors (Lipinski definition) is 4. The molecule has 0 aromatic heterocycles. The molecule has 1 N–H and O–H groups in total. The van der Waals surface area contributed by atoms with Gasteiger partial charge < -0.3 is 10.2 Å². The van der Waals surface area contributed by atoms with Gasteiger partial charge in [0.15, 0.2) is 0 Å². The Morgan fingerprint density at radius 2 is 1.60 bits per heavy atom. The van der Waals surface area contributed by atoms with Crippen LogP contribution in [0.4, 0.5) is 10.1 Å². The number of nitrogens with one attached hydrogen (secondary N) is 1. The Labute approximate surface area is 207 Å². The molecule has 35 heavy (non-hydrogen) atoms. The van der Waals surface area contributed by atoms with Gasteiger partial charge in [-0.25, -0.2) is 8.70 Å². The lowest BCUT2D eigenvalue weighted by molar-refractivity contribution is -0.140. The standard InChI is InChI=1S/C25H35FN4O4S/c1-6-16-27-25(32)23(7-2)29(17-20-10-8-19(3)9-11-20)24(31)18-30(35(33,34)28(4)5)22-14-12-21(26)13-15-22/h8-15,23H,6-7,16-18H2,1-5H3,(H,27,32)/t23-/m1/s1. The Hall–Kier alpha value is -2.98. The largest absolute Gasteiger partial charge is 0.354 e. The molecule has 1 atom stereocenters. The highest BCUT2D eigenvalue weighted by atomic mass is 32.2. The molecule has 0 unspecified atom stereocenters. The van der Waals surface area contributed by atoms with Crippen LogP contribution in [0.1, 0.15) is 37.8 Å². The zero-order chi connectivity index (χ0) is 26.2. The predicted molar refractivity (Wildman–Crippen MR) is 135 cm³/mol. The molecule has 0 aliphatic rings. The van der Waals surface area contributed by atoms with Gasteiger partial charge in [0.1, 0.15) is 18.4 Å². The van der Waals surface area contributed by atoms with Crippen molar-refractivity contribution in [2.45, 2.75) is 46.2 Å². The number of anilines is 1. The van der Waals surface area contributed by atoms with Gasteiger partial charge in [-0.05, 0) is 49.6 Å². The van der Waals surface area contributed by atoms with E-state index in [4.69, 9.17) is 0 Å². The third kappa shape index (κ3) is 7.50. The van der Waals surface area contributed by atoms with Crippen molar-refractivity contribution in [2.75, 3.05) is 31.5 Å². The van der Waals surface area contributed by atoms with Crippen LogP contribution in [0.25, 0.3) is 0 Å². The van der Waals surface area contributed by atoms with Gasteiger partial charge in [-0.3, -0.25) is 9.59 Å². The average Bonchev–Trinajstić information content (AvgIpc) is 2.82. The molecule has 10 heteroatoms. The quantitative estimate of drug-likeness (QED) is 0.479. The fourth-order valence-corrected chi connectivity index (χ4v) is 4.56. The summed E-state index contributed by atoms with van der Waals surface area (Å²) < 4.78 is 41.6. The molecule has 2 amide bonds. The smallest absolute Gasteiger partial charge is 0.304 e. The van der Waals surface area contributed by atoms with Crippen molar-refractivity contribution in [3.05, 3.63) is 65.5 Å². The van der Waals surface area contributed by atoms with Crippen molar-refractivity contribution in [2.24, 2.45) is 0 Å². The number of hydrogen-bond donors (Lipinski definition) is 1. The Balaban J connectivity index is 2.46. The summed E-state index contributed by atoms with van der Waals surface area (Å²) in [7, 11) is -1.37. The number of nitrogens with zero attached hydrogens (tertiary/aromatic N) is 3. The first-order valence-electron chi connectivity index (χ1n) is 11.6. The molecule has 0 radical (unpaired) electrons. The van der Waals surface area contributed by atoms with E-state index in [-0.39, 0.29) is 18.1 Å². The average molecular weight is 507 g/mol. The molecular formula is C25H35FN4O4S. The van der Waals surface area contributed by atoms with Crippen molar-refractivity contribution in [3.63, 3.8) is 0 Å². The minimum atomic E-state index is -4.08. The lowest BCUT2D eigenvalue weighted by Gasteiger charge is -2.34. The first-order valence-corrected chi connectivity index (χ1v) is 13.0. The van der Waals surface area contributed by atoms with Crippen LogP contribution in [0.15, 0.2) is 48.5 Å². The molecule has 2 aromatic rings. The van der Waals surface area contributed by atoms with Crippen LogP contribution in [-0.2, 0) is 26.3 Å². The fraction of sp³-hybridized carbons (Fsp3) is 0.440. The van der Waals surface area contributed by atoms with Gasteiger partial charge in [-0.2, -0.15) is 12.7 Å². The monoisotopic (exact) mass is 506 g/mol. The second kappa shape index (κ2) is 12.6. The topological polar surface area (TPSA) is 90.0 Å². The Kier molecular flexibility index (Phi) is 10.2. The van der Waals surface area contributed by atoms with Gasteiger partial charge in [0, 0.05) is 27.2 Å². The summed E-state index contributed by atoms with van der Waals surface area (Å²) in [4.78, 5) is 28.0. The maximum absolute atomic E-state index is 13.7. The van der Waals surface area contributed by atoms with E-state index in [0.717, 1.165) is 38.3 Å². The predicted octanol–water partition coefficient (Wildman–Crippen LogP) is 3.08. The first kappa shape index (κ1) is 28.3. The first-order chi connectivity index (χ1) is 16.5. The summed E-state index contributed by atoms with van der Waals surface area (Å²) in [5, 5.41) is 2.84. The van der Waals surface area contributed by atoms with Crippen LogP contribution < -0.4 is 9.62 Å². The van der Waals surface area contributed by atoms with E-state index in [9.17, 15) is 22.4 Å². The maximum Gasteiger partial charge on any atom is 0.304 e. The minimum absolute atomic E-state index is 0.135. The summed E-state index contributed by atoms with van der Waals surface area (Å²) in [6.07, 6.45) is 1.09. The van der Waals surface area contributed by atoms with Crippen LogP contribution >= 0.6 is 0 Å². The van der Waals surface area contributed by atoms with Gasteiger partial charge >= 0.3 is 10.2 Å². The number of amides is 2. The maximum atomic E-state index is 13.7. The van der Waals surface area contributed by atoms with Crippen LogP contribution in [0, 0.1) is 12.7 Å². The van der Waals surface area contributed by atoms with Gasteiger partial charge in [0.2, 0.25) is 11.8 Å². The van der Waals surface area contributed by atoms with Gasteiger partial charge in [-0.15, -0.1) is 0 Å². The zero-order valence-corrected chi connectivity index (χ0v) is 21.8. The van der Waals surface area contributed by atoms with E-state index in [1.54, 1.807) is 6.92 Å². The van der Waals surface area contributed by atoms with E-state index in [2.05, 4.69) is 5.32 Å². The van der Waals surface area contributed by atoms with E-state index in [0.29, 0.717) is 13.0 Å². The normalized spacial score (nSPS) is 12.3. The number of benzene rings is 2. The molecule has 0 aliphatic carbocycles. The number of rotatable bonds is 12. The Bertz CT molecular complexity index is 1090. The van der Waals surface area contributed by atoms with Crippen LogP contribution in [0.2, 0.25) is 0 Å². The van der Waals surface area contributed by atoms with Crippen molar-refractivity contribution >= 4 is 27.7 Å². The van der Waals surface area contributed by atoms with E-state index in [1.807, 2.05) is 38.1 Å². The molecule has 2 aromatic carbocycles. The minimum Gasteiger partial charge on any atom is -0.354 e. The van der Waals surface area contributed by atoms with Crippen molar-refractivity contribution in [1.29, 1.82) is 0 Å². The van der Waals surface area contributed by atoms with Crippen LogP contribution in [0.3, 0.4) is 0 Å². The highest BCUT2D eigenvalue weighted by Gasteiger charge is 2.33. The molecule has 8 nitrogen and oxygen atoms in total. The molecule has 0 aliphatic heterocycles. The van der Waals surface area contributed by atoms with Crippen LogP contribution in [-0.4, -0.2) is 62.7 Å². The number of aryl methyl sites for hydroxylation is 1. The Morgan fingerprint density at radius 1 is 1.00 bits per heavy atom.